The van der Waals surface area contributed by atoms with Crippen molar-refractivity contribution >= 4 is 0 Å². The molecule has 0 aromatic heterocycles. The van der Waals surface area contributed by atoms with Crippen LogP contribution in [0.25, 0.3) is 0 Å². The van der Waals surface area contributed by atoms with Crippen molar-refractivity contribution in [3.05, 3.63) is 34.4 Å². The fourth-order valence-corrected chi connectivity index (χ4v) is 3.81. The van der Waals surface area contributed by atoms with Crippen molar-refractivity contribution < 1.29 is 5.11 Å². The van der Waals surface area contributed by atoms with Gasteiger partial charge in [0.05, 0.1) is 6.10 Å². The van der Waals surface area contributed by atoms with Gasteiger partial charge in [-0.15, -0.1) is 0 Å². The first-order valence-corrected chi connectivity index (χ1v) is 7.78. The highest BCUT2D eigenvalue weighted by molar-refractivity contribution is 5.39. The summed E-state index contributed by atoms with van der Waals surface area (Å²) >= 11 is 0. The molecule has 1 saturated carbocycles. The summed E-state index contributed by atoms with van der Waals surface area (Å²) in [5, 5.41) is 10.8. The molecule has 0 aliphatic heterocycles. The molecule has 0 amide bonds. The number of benzene rings is 1. The summed E-state index contributed by atoms with van der Waals surface area (Å²) < 4.78 is 0. The van der Waals surface area contributed by atoms with Crippen molar-refractivity contribution in [3.8, 4) is 0 Å². The molecule has 1 aromatic rings. The molecule has 1 nitrogen and oxygen atoms in total. The molecule has 1 aromatic carbocycles. The third-order valence-corrected chi connectivity index (χ3v) is 4.95. The largest absolute Gasteiger partial charge is 0.388 e. The number of aliphatic hydroxyl groups is 1. The Hall–Kier alpha value is -0.820. The van der Waals surface area contributed by atoms with E-state index in [9.17, 15) is 5.11 Å². The SMILES string of the molecule is CCC1CCC(C(O)c2c(C)cc(C)cc2C)CC1. The van der Waals surface area contributed by atoms with Gasteiger partial charge in [0.25, 0.3) is 0 Å². The van der Waals surface area contributed by atoms with Gasteiger partial charge in [-0.3, -0.25) is 0 Å². The first kappa shape index (κ1) is 14.6. The molecule has 0 saturated heterocycles. The number of hydrogen-bond acceptors (Lipinski definition) is 1. The summed E-state index contributed by atoms with van der Waals surface area (Å²) in [6, 6.07) is 4.40. The third-order valence-electron chi connectivity index (χ3n) is 4.95. The minimum absolute atomic E-state index is 0.265. The second-order valence-corrected chi connectivity index (χ2v) is 6.45. The molecular weight excluding hydrogens is 232 g/mol. The lowest BCUT2D eigenvalue weighted by molar-refractivity contribution is 0.0720. The lowest BCUT2D eigenvalue weighted by atomic mass is 9.76. The number of hydrogen-bond donors (Lipinski definition) is 1. The molecule has 19 heavy (non-hydrogen) atoms. The predicted octanol–water partition coefficient (Wildman–Crippen LogP) is 4.86. The van der Waals surface area contributed by atoms with Crippen molar-refractivity contribution in [1.82, 2.24) is 0 Å². The molecule has 106 valence electrons. The average molecular weight is 260 g/mol. The van der Waals surface area contributed by atoms with Crippen molar-refractivity contribution in [2.24, 2.45) is 11.8 Å². The van der Waals surface area contributed by atoms with Crippen LogP contribution >= 0.6 is 0 Å². The molecule has 1 atom stereocenters. The van der Waals surface area contributed by atoms with Crippen LogP contribution in [0.5, 0.6) is 0 Å². The third kappa shape index (κ3) is 3.20. The van der Waals surface area contributed by atoms with E-state index in [-0.39, 0.29) is 6.10 Å². The molecule has 1 heteroatoms. The standard InChI is InChI=1S/C18H28O/c1-5-15-6-8-16(9-7-15)18(19)17-13(3)10-12(2)11-14(17)4/h10-11,15-16,18-19H,5-9H2,1-4H3. The molecular formula is C18H28O. The van der Waals surface area contributed by atoms with Crippen molar-refractivity contribution in [2.45, 2.75) is 65.9 Å². The van der Waals surface area contributed by atoms with Crippen LogP contribution in [0.4, 0.5) is 0 Å². The summed E-state index contributed by atoms with van der Waals surface area (Å²) in [5.74, 6) is 1.35. The Labute approximate surface area is 118 Å². The van der Waals surface area contributed by atoms with E-state index in [2.05, 4.69) is 39.8 Å². The highest BCUT2D eigenvalue weighted by atomic mass is 16.3. The van der Waals surface area contributed by atoms with Gasteiger partial charge in [-0.2, -0.15) is 0 Å². The van der Waals surface area contributed by atoms with E-state index in [1.54, 1.807) is 0 Å². The molecule has 1 fully saturated rings. The van der Waals surface area contributed by atoms with Crippen LogP contribution in [-0.4, -0.2) is 5.11 Å². The lowest BCUT2D eigenvalue weighted by Gasteiger charge is -2.32. The van der Waals surface area contributed by atoms with Gasteiger partial charge >= 0.3 is 0 Å². The maximum atomic E-state index is 10.8. The minimum Gasteiger partial charge on any atom is -0.388 e. The number of rotatable bonds is 3. The monoisotopic (exact) mass is 260 g/mol. The molecule has 1 N–H and O–H groups in total. The first-order valence-electron chi connectivity index (χ1n) is 7.78. The van der Waals surface area contributed by atoms with E-state index >= 15 is 0 Å². The van der Waals surface area contributed by atoms with Crippen LogP contribution in [0, 0.1) is 32.6 Å². The van der Waals surface area contributed by atoms with Crippen molar-refractivity contribution in [2.75, 3.05) is 0 Å². The van der Waals surface area contributed by atoms with Gasteiger partial charge in [0.15, 0.2) is 0 Å². The molecule has 0 radical (unpaired) electrons. The molecule has 1 aliphatic rings. The van der Waals surface area contributed by atoms with Crippen LogP contribution in [0.1, 0.15) is 67.4 Å². The Morgan fingerprint density at radius 3 is 2.05 bits per heavy atom. The zero-order chi connectivity index (χ0) is 14.0. The fraction of sp³-hybridized carbons (Fsp3) is 0.667. The lowest BCUT2D eigenvalue weighted by Crippen LogP contribution is -2.21. The van der Waals surface area contributed by atoms with Gasteiger partial charge < -0.3 is 5.11 Å². The second-order valence-electron chi connectivity index (χ2n) is 6.45. The molecule has 2 rings (SSSR count). The molecule has 0 heterocycles. The summed E-state index contributed by atoms with van der Waals surface area (Å²) in [6.07, 6.45) is 5.99. The van der Waals surface area contributed by atoms with Crippen LogP contribution in [0.2, 0.25) is 0 Å². The van der Waals surface area contributed by atoms with Crippen LogP contribution < -0.4 is 0 Å². The summed E-state index contributed by atoms with van der Waals surface area (Å²) in [4.78, 5) is 0. The highest BCUT2D eigenvalue weighted by Gasteiger charge is 2.28. The van der Waals surface area contributed by atoms with Gasteiger partial charge in [-0.1, -0.05) is 43.9 Å². The van der Waals surface area contributed by atoms with E-state index in [4.69, 9.17) is 0 Å². The summed E-state index contributed by atoms with van der Waals surface area (Å²) in [5.41, 5.74) is 4.98. The van der Waals surface area contributed by atoms with E-state index < -0.39 is 0 Å². The quantitative estimate of drug-likeness (QED) is 0.822. The van der Waals surface area contributed by atoms with E-state index in [0.29, 0.717) is 5.92 Å². The Morgan fingerprint density at radius 2 is 1.58 bits per heavy atom. The van der Waals surface area contributed by atoms with Gasteiger partial charge in [0.1, 0.15) is 0 Å². The normalized spacial score (nSPS) is 25.3. The second kappa shape index (κ2) is 6.09. The van der Waals surface area contributed by atoms with Gasteiger partial charge in [-0.05, 0) is 62.1 Å². The van der Waals surface area contributed by atoms with E-state index in [0.717, 1.165) is 5.92 Å². The molecule has 0 spiro atoms. The van der Waals surface area contributed by atoms with Gasteiger partial charge in [0, 0.05) is 0 Å². The van der Waals surface area contributed by atoms with Gasteiger partial charge in [0.2, 0.25) is 0 Å². The zero-order valence-electron chi connectivity index (χ0n) is 12.9. The number of aliphatic hydroxyl groups excluding tert-OH is 1. The molecule has 1 aliphatic carbocycles. The maximum absolute atomic E-state index is 10.8. The molecule has 1 unspecified atom stereocenters. The topological polar surface area (TPSA) is 20.2 Å². The van der Waals surface area contributed by atoms with Crippen LogP contribution in [-0.2, 0) is 0 Å². The van der Waals surface area contributed by atoms with Crippen molar-refractivity contribution in [3.63, 3.8) is 0 Å². The van der Waals surface area contributed by atoms with Crippen LogP contribution in [0.3, 0.4) is 0 Å². The average Bonchev–Trinajstić information content (AvgIpc) is 2.37. The van der Waals surface area contributed by atoms with Crippen LogP contribution in [0.15, 0.2) is 12.1 Å². The zero-order valence-corrected chi connectivity index (χ0v) is 12.9. The smallest absolute Gasteiger partial charge is 0.0823 e. The minimum atomic E-state index is -0.265. The summed E-state index contributed by atoms with van der Waals surface area (Å²) in [6.45, 7) is 8.69. The first-order chi connectivity index (χ1) is 9.02. The van der Waals surface area contributed by atoms with E-state index in [1.807, 2.05) is 0 Å². The fourth-order valence-electron chi connectivity index (χ4n) is 3.81. The number of aryl methyl sites for hydroxylation is 3. The Bertz CT molecular complexity index is 404. The Morgan fingerprint density at radius 1 is 1.05 bits per heavy atom. The Balaban J connectivity index is 2.14. The molecule has 0 bridgehead atoms. The van der Waals surface area contributed by atoms with Gasteiger partial charge in [-0.25, -0.2) is 0 Å². The highest BCUT2D eigenvalue weighted by Crippen LogP contribution is 2.39. The summed E-state index contributed by atoms with van der Waals surface area (Å²) in [7, 11) is 0. The maximum Gasteiger partial charge on any atom is 0.0823 e. The van der Waals surface area contributed by atoms with Crippen molar-refractivity contribution in [1.29, 1.82) is 0 Å². The Kier molecular flexibility index (Phi) is 4.67. The predicted molar refractivity (Wildman–Crippen MR) is 81.4 cm³/mol. The van der Waals surface area contributed by atoms with E-state index in [1.165, 1.54) is 54.4 Å².